The minimum Gasteiger partial charge on any atom is -0.488 e. The SMILES string of the molecule is C=CCOc1ccc(/C=C2\S[C@@H](Nc3ccc(CC)cc3)NC2=O)cc1Br. The topological polar surface area (TPSA) is 50.4 Å². The largest absolute Gasteiger partial charge is 0.488 e. The summed E-state index contributed by atoms with van der Waals surface area (Å²) in [6.45, 7) is 6.22. The highest BCUT2D eigenvalue weighted by atomic mass is 79.9. The number of hydrogen-bond acceptors (Lipinski definition) is 4. The van der Waals surface area contributed by atoms with Crippen molar-refractivity contribution in [1.82, 2.24) is 5.32 Å². The van der Waals surface area contributed by atoms with Gasteiger partial charge in [0.1, 0.15) is 12.4 Å². The van der Waals surface area contributed by atoms with Crippen LogP contribution in [0.4, 0.5) is 5.69 Å². The van der Waals surface area contributed by atoms with Gasteiger partial charge < -0.3 is 15.4 Å². The number of halogens is 1. The molecular weight excluding hydrogens is 424 g/mol. The zero-order chi connectivity index (χ0) is 19.2. The Hall–Kier alpha value is -2.18. The fourth-order valence-electron chi connectivity index (χ4n) is 2.58. The van der Waals surface area contributed by atoms with E-state index in [1.165, 1.54) is 17.3 Å². The van der Waals surface area contributed by atoms with Gasteiger partial charge >= 0.3 is 0 Å². The number of carbonyl (C=O) groups is 1. The number of thioether (sulfide) groups is 1. The molecule has 0 aromatic heterocycles. The Kier molecular flexibility index (Phi) is 6.63. The van der Waals surface area contributed by atoms with E-state index in [0.717, 1.165) is 27.9 Å². The van der Waals surface area contributed by atoms with E-state index in [2.05, 4.69) is 52.2 Å². The summed E-state index contributed by atoms with van der Waals surface area (Å²) >= 11 is 4.97. The second kappa shape index (κ2) is 9.15. The Morgan fingerprint density at radius 2 is 2.07 bits per heavy atom. The van der Waals surface area contributed by atoms with Crippen LogP contribution in [0, 0.1) is 0 Å². The first-order valence-electron chi connectivity index (χ1n) is 8.67. The normalized spacial score (nSPS) is 17.6. The molecule has 1 amide bonds. The summed E-state index contributed by atoms with van der Waals surface area (Å²) in [7, 11) is 0. The molecule has 0 aliphatic carbocycles. The third-order valence-corrected chi connectivity index (χ3v) is 5.65. The van der Waals surface area contributed by atoms with Crippen LogP contribution in [0.5, 0.6) is 5.75 Å². The Morgan fingerprint density at radius 1 is 1.30 bits per heavy atom. The van der Waals surface area contributed by atoms with E-state index in [1.54, 1.807) is 6.08 Å². The number of nitrogens with one attached hydrogen (secondary N) is 2. The number of ether oxygens (including phenoxy) is 1. The van der Waals surface area contributed by atoms with Gasteiger partial charge in [0.05, 0.1) is 9.38 Å². The molecule has 2 N–H and O–H groups in total. The van der Waals surface area contributed by atoms with Crippen molar-refractivity contribution < 1.29 is 9.53 Å². The Morgan fingerprint density at radius 3 is 2.74 bits per heavy atom. The Bertz CT molecular complexity index is 865. The van der Waals surface area contributed by atoms with E-state index < -0.39 is 0 Å². The zero-order valence-electron chi connectivity index (χ0n) is 15.0. The van der Waals surface area contributed by atoms with Crippen molar-refractivity contribution in [2.75, 3.05) is 11.9 Å². The van der Waals surface area contributed by atoms with Crippen molar-refractivity contribution in [2.45, 2.75) is 18.8 Å². The minimum absolute atomic E-state index is 0.0780. The van der Waals surface area contributed by atoms with Crippen molar-refractivity contribution in [1.29, 1.82) is 0 Å². The second-order valence-electron chi connectivity index (χ2n) is 5.96. The first-order chi connectivity index (χ1) is 13.1. The molecule has 1 aliphatic heterocycles. The van der Waals surface area contributed by atoms with E-state index >= 15 is 0 Å². The van der Waals surface area contributed by atoms with Gasteiger partial charge in [0.25, 0.3) is 5.91 Å². The average Bonchev–Trinajstić information content (AvgIpc) is 3.00. The molecule has 1 saturated heterocycles. The quantitative estimate of drug-likeness (QED) is 0.456. The number of benzene rings is 2. The molecular formula is C21H21BrN2O2S. The second-order valence-corrected chi connectivity index (χ2v) is 7.97. The third-order valence-electron chi connectivity index (χ3n) is 4.00. The maximum atomic E-state index is 12.3. The van der Waals surface area contributed by atoms with Crippen molar-refractivity contribution in [3.8, 4) is 5.75 Å². The van der Waals surface area contributed by atoms with Gasteiger partial charge in [0.2, 0.25) is 0 Å². The minimum atomic E-state index is -0.185. The first kappa shape index (κ1) is 19.6. The molecule has 4 nitrogen and oxygen atoms in total. The zero-order valence-corrected chi connectivity index (χ0v) is 17.4. The van der Waals surface area contributed by atoms with Gasteiger partial charge in [-0.2, -0.15) is 0 Å². The summed E-state index contributed by atoms with van der Waals surface area (Å²) in [5, 5.41) is 6.29. The Balaban J connectivity index is 1.67. The van der Waals surface area contributed by atoms with Crippen LogP contribution in [0.25, 0.3) is 6.08 Å². The molecule has 1 fully saturated rings. The highest BCUT2D eigenvalue weighted by Gasteiger charge is 2.27. The maximum Gasteiger partial charge on any atom is 0.260 e. The molecule has 1 heterocycles. The molecule has 1 aliphatic rings. The molecule has 2 aromatic rings. The molecule has 0 radical (unpaired) electrons. The Labute approximate surface area is 172 Å². The van der Waals surface area contributed by atoms with Crippen LogP contribution in [0.15, 0.2) is 64.5 Å². The highest BCUT2D eigenvalue weighted by molar-refractivity contribution is 9.10. The van der Waals surface area contributed by atoms with E-state index in [0.29, 0.717) is 11.5 Å². The highest BCUT2D eigenvalue weighted by Crippen LogP contribution is 2.32. The van der Waals surface area contributed by atoms with Gasteiger partial charge in [0, 0.05) is 5.69 Å². The van der Waals surface area contributed by atoms with E-state index in [9.17, 15) is 4.79 Å². The van der Waals surface area contributed by atoms with Crippen molar-refractivity contribution in [3.63, 3.8) is 0 Å². The maximum absolute atomic E-state index is 12.3. The molecule has 27 heavy (non-hydrogen) atoms. The summed E-state index contributed by atoms with van der Waals surface area (Å²) in [5.74, 6) is 0.668. The molecule has 1 atom stereocenters. The van der Waals surface area contributed by atoms with Crippen LogP contribution >= 0.6 is 27.7 Å². The number of aryl methyl sites for hydroxylation is 1. The lowest BCUT2D eigenvalue weighted by molar-refractivity contribution is -0.116. The molecule has 2 aromatic carbocycles. The van der Waals surface area contributed by atoms with Gasteiger partial charge in [-0.3, -0.25) is 4.79 Å². The number of hydrogen-bond donors (Lipinski definition) is 2. The standard InChI is InChI=1S/C21H21BrN2O2S/c1-3-11-26-18-10-7-15(12-17(18)22)13-19-20(25)24-21(27-19)23-16-8-5-14(4-2)6-9-16/h3,5-10,12-13,21,23H,1,4,11H2,2H3,(H,24,25)/b19-13-/t21-/m0/s1. The van der Waals surface area contributed by atoms with Crippen molar-refractivity contribution in [3.05, 3.63) is 75.6 Å². The number of anilines is 1. The van der Waals surface area contributed by atoms with Gasteiger partial charge in [0.15, 0.2) is 5.50 Å². The molecule has 6 heteroatoms. The van der Waals surface area contributed by atoms with Gasteiger partial charge in [-0.1, -0.05) is 49.5 Å². The van der Waals surface area contributed by atoms with Gasteiger partial charge in [-0.25, -0.2) is 0 Å². The lowest BCUT2D eigenvalue weighted by Crippen LogP contribution is -2.30. The molecule has 0 unspecified atom stereocenters. The van der Waals surface area contributed by atoms with E-state index in [1.807, 2.05) is 36.4 Å². The fraction of sp³-hybridized carbons (Fsp3) is 0.190. The smallest absolute Gasteiger partial charge is 0.260 e. The molecule has 0 bridgehead atoms. The van der Waals surface area contributed by atoms with Gasteiger partial charge in [-0.05, 0) is 63.8 Å². The van der Waals surface area contributed by atoms with Crippen LogP contribution in [0.2, 0.25) is 0 Å². The fourth-order valence-corrected chi connectivity index (χ4v) is 4.07. The average molecular weight is 445 g/mol. The van der Waals surface area contributed by atoms with Gasteiger partial charge in [-0.15, -0.1) is 0 Å². The van der Waals surface area contributed by atoms with Crippen LogP contribution in [0.1, 0.15) is 18.1 Å². The van der Waals surface area contributed by atoms with E-state index in [-0.39, 0.29) is 11.4 Å². The first-order valence-corrected chi connectivity index (χ1v) is 10.3. The van der Waals surface area contributed by atoms with Crippen LogP contribution in [0.3, 0.4) is 0 Å². The molecule has 3 rings (SSSR count). The molecule has 0 spiro atoms. The van der Waals surface area contributed by atoms with Crippen LogP contribution in [-0.4, -0.2) is 18.0 Å². The predicted molar refractivity (Wildman–Crippen MR) is 117 cm³/mol. The van der Waals surface area contributed by atoms with E-state index in [4.69, 9.17) is 4.74 Å². The molecule has 0 saturated carbocycles. The monoisotopic (exact) mass is 444 g/mol. The summed E-state index contributed by atoms with van der Waals surface area (Å²) in [4.78, 5) is 13.0. The molecule has 140 valence electrons. The number of carbonyl (C=O) groups excluding carboxylic acids is 1. The van der Waals surface area contributed by atoms with Crippen LogP contribution in [-0.2, 0) is 11.2 Å². The van der Waals surface area contributed by atoms with Crippen molar-refractivity contribution >= 4 is 45.4 Å². The van der Waals surface area contributed by atoms with Crippen LogP contribution < -0.4 is 15.4 Å². The third kappa shape index (κ3) is 5.17. The number of rotatable bonds is 7. The summed E-state index contributed by atoms with van der Waals surface area (Å²) < 4.78 is 6.39. The lowest BCUT2D eigenvalue weighted by Gasteiger charge is -2.12. The lowest BCUT2D eigenvalue weighted by atomic mass is 10.1. The predicted octanol–water partition coefficient (Wildman–Crippen LogP) is 5.18. The summed E-state index contributed by atoms with van der Waals surface area (Å²) in [5.41, 5.74) is 3.02. The number of amides is 1. The summed E-state index contributed by atoms with van der Waals surface area (Å²) in [6, 6.07) is 14.0. The summed E-state index contributed by atoms with van der Waals surface area (Å²) in [6.07, 6.45) is 4.59. The van der Waals surface area contributed by atoms with Crippen molar-refractivity contribution in [2.24, 2.45) is 0 Å².